The van der Waals surface area contributed by atoms with E-state index in [0.29, 0.717) is 17.5 Å². The highest BCUT2D eigenvalue weighted by Crippen LogP contribution is 2.49. The Balaban J connectivity index is 1.93. The molecular formula is C25H24N2O8. The van der Waals surface area contributed by atoms with Gasteiger partial charge in [-0.3, -0.25) is 24.5 Å². The Morgan fingerprint density at radius 3 is 2.34 bits per heavy atom. The number of amides is 2. The summed E-state index contributed by atoms with van der Waals surface area (Å²) in [6.45, 7) is 2.31. The zero-order valence-electron chi connectivity index (χ0n) is 19.6. The molecule has 10 nitrogen and oxygen atoms in total. The van der Waals surface area contributed by atoms with Crippen LogP contribution in [-0.4, -0.2) is 53.0 Å². The molecule has 0 spiro atoms. The molecule has 10 heteroatoms. The zero-order chi connectivity index (χ0) is 25.8. The third-order valence-corrected chi connectivity index (χ3v) is 6.15. The van der Waals surface area contributed by atoms with Gasteiger partial charge in [-0.1, -0.05) is 0 Å². The maximum Gasteiger partial charge on any atom is 0.308 e. The number of aliphatic hydroxyl groups excluding tert-OH is 1. The van der Waals surface area contributed by atoms with Crippen molar-refractivity contribution in [3.63, 3.8) is 0 Å². The second-order valence-electron chi connectivity index (χ2n) is 8.78. The van der Waals surface area contributed by atoms with Crippen molar-refractivity contribution in [2.45, 2.75) is 26.7 Å². The van der Waals surface area contributed by atoms with E-state index in [0.717, 1.165) is 12.6 Å². The molecule has 2 amide bonds. The van der Waals surface area contributed by atoms with Gasteiger partial charge in [0.2, 0.25) is 5.91 Å². The number of Topliss-reactive ketones (excluding diaryl/α,β-unsaturated/α-hetero) is 1. The largest absolute Gasteiger partial charge is 0.507 e. The van der Waals surface area contributed by atoms with E-state index in [1.54, 1.807) is 6.07 Å². The van der Waals surface area contributed by atoms with Crippen LogP contribution in [0.2, 0.25) is 0 Å². The summed E-state index contributed by atoms with van der Waals surface area (Å²) < 4.78 is 5.28. The first-order valence-corrected chi connectivity index (χ1v) is 10.8. The Morgan fingerprint density at radius 1 is 1.06 bits per heavy atom. The fraction of sp³-hybridized carbons (Fsp3) is 0.280. The molecule has 4 N–H and O–H groups in total. The quantitative estimate of drug-likeness (QED) is 0.383. The smallest absolute Gasteiger partial charge is 0.308 e. The molecule has 0 heterocycles. The number of benzene rings is 2. The van der Waals surface area contributed by atoms with Gasteiger partial charge in [0.1, 0.15) is 28.6 Å². The minimum Gasteiger partial charge on any atom is -0.507 e. The number of aliphatic hydroxyl groups is 1. The number of nitrogens with zero attached hydrogens (tertiary/aromatic N) is 1. The van der Waals surface area contributed by atoms with E-state index in [4.69, 9.17) is 4.74 Å². The van der Waals surface area contributed by atoms with Gasteiger partial charge in [-0.25, -0.2) is 0 Å². The second kappa shape index (κ2) is 8.46. The number of nitrogens with one attached hydrogen (secondary N) is 1. The minimum atomic E-state index is -1.05. The van der Waals surface area contributed by atoms with Gasteiger partial charge in [0.25, 0.3) is 5.91 Å². The number of phenolic OH excluding ortho intramolecular Hbond substituents is 2. The summed E-state index contributed by atoms with van der Waals surface area (Å²) in [5.41, 5.74) is 1.12. The summed E-state index contributed by atoms with van der Waals surface area (Å²) in [7, 11) is 3.63. The number of anilines is 1. The SMILES string of the molecule is CC(=O)NC(=O)c1c(O)cc2c(c1O)C(O)=C1C(=O)c3c(OC(C)=O)ccc(N(C)C)c3C[C@H]1C2. The molecule has 0 unspecified atom stereocenters. The van der Waals surface area contributed by atoms with E-state index >= 15 is 0 Å². The number of fused-ring (bicyclic) bond motifs is 3. The van der Waals surface area contributed by atoms with Crippen molar-refractivity contribution in [3.8, 4) is 17.2 Å². The molecule has 0 saturated carbocycles. The average Bonchev–Trinajstić information content (AvgIpc) is 2.71. The topological polar surface area (TPSA) is 153 Å². The summed E-state index contributed by atoms with van der Waals surface area (Å²) in [5.74, 6) is -5.22. The highest BCUT2D eigenvalue weighted by Gasteiger charge is 2.42. The van der Waals surface area contributed by atoms with Crippen LogP contribution in [0.4, 0.5) is 5.69 Å². The lowest BCUT2D eigenvalue weighted by Gasteiger charge is -2.34. The highest BCUT2D eigenvalue weighted by atomic mass is 16.5. The van der Waals surface area contributed by atoms with Crippen LogP contribution in [0, 0.1) is 5.92 Å². The third-order valence-electron chi connectivity index (χ3n) is 6.15. The first-order valence-electron chi connectivity index (χ1n) is 10.8. The number of hydrogen-bond acceptors (Lipinski definition) is 9. The number of phenols is 2. The molecule has 1 atom stereocenters. The van der Waals surface area contributed by atoms with Crippen LogP contribution < -0.4 is 15.0 Å². The summed E-state index contributed by atoms with van der Waals surface area (Å²) in [6, 6.07) is 4.49. The van der Waals surface area contributed by atoms with E-state index in [2.05, 4.69) is 0 Å². The van der Waals surface area contributed by atoms with Gasteiger partial charge in [-0.05, 0) is 48.1 Å². The number of rotatable bonds is 3. The molecule has 2 aliphatic carbocycles. The van der Waals surface area contributed by atoms with Crippen molar-refractivity contribution in [1.82, 2.24) is 5.32 Å². The van der Waals surface area contributed by atoms with Gasteiger partial charge in [0.05, 0.1) is 11.1 Å². The lowest BCUT2D eigenvalue weighted by molar-refractivity contribution is -0.131. The number of carbonyl (C=O) groups is 4. The number of aromatic hydroxyl groups is 2. The predicted molar refractivity (Wildman–Crippen MR) is 125 cm³/mol. The van der Waals surface area contributed by atoms with Crippen LogP contribution >= 0.6 is 0 Å². The summed E-state index contributed by atoms with van der Waals surface area (Å²) >= 11 is 0. The Morgan fingerprint density at radius 2 is 1.74 bits per heavy atom. The molecular weight excluding hydrogens is 456 g/mol. The summed E-state index contributed by atoms with van der Waals surface area (Å²) in [4.78, 5) is 50.9. The molecule has 0 aliphatic heterocycles. The Bertz CT molecular complexity index is 1360. The van der Waals surface area contributed by atoms with Crippen molar-refractivity contribution < 1.29 is 39.2 Å². The predicted octanol–water partition coefficient (Wildman–Crippen LogP) is 2.25. The maximum atomic E-state index is 13.7. The van der Waals surface area contributed by atoms with Gasteiger partial charge in [-0.15, -0.1) is 0 Å². The third kappa shape index (κ3) is 3.86. The lowest BCUT2D eigenvalue weighted by atomic mass is 9.70. The molecule has 2 aromatic rings. The second-order valence-corrected chi connectivity index (χ2v) is 8.78. The summed E-state index contributed by atoms with van der Waals surface area (Å²) in [5, 5.41) is 34.4. The average molecular weight is 480 g/mol. The molecule has 0 aromatic heterocycles. The Hall–Kier alpha value is -4.34. The first kappa shape index (κ1) is 23.8. The first-order chi connectivity index (χ1) is 16.4. The number of ketones is 1. The van der Waals surface area contributed by atoms with Crippen LogP contribution in [0.3, 0.4) is 0 Å². The van der Waals surface area contributed by atoms with E-state index in [-0.39, 0.29) is 28.9 Å². The van der Waals surface area contributed by atoms with Crippen molar-refractivity contribution in [3.05, 3.63) is 51.6 Å². The van der Waals surface area contributed by atoms with Gasteiger partial charge < -0.3 is 25.0 Å². The lowest BCUT2D eigenvalue weighted by Crippen LogP contribution is -2.32. The zero-order valence-corrected chi connectivity index (χ0v) is 19.6. The van der Waals surface area contributed by atoms with Crippen LogP contribution in [-0.2, 0) is 22.4 Å². The van der Waals surface area contributed by atoms with Gasteiger partial charge >= 0.3 is 5.97 Å². The number of esters is 1. The Kier molecular flexibility index (Phi) is 5.75. The van der Waals surface area contributed by atoms with Crippen LogP contribution in [0.15, 0.2) is 23.8 Å². The normalized spacial score (nSPS) is 16.1. The molecule has 4 rings (SSSR count). The number of ether oxygens (including phenoxy) is 1. The van der Waals surface area contributed by atoms with E-state index in [9.17, 15) is 34.5 Å². The number of imide groups is 1. The Labute approximate surface area is 200 Å². The molecule has 0 fully saturated rings. The standard InChI is InChI=1S/C25H24N2O8/c1-10(28)26-25(34)21-16(30)9-13-7-12-8-14-15(27(3)4)5-6-17(35-11(2)29)20(14)23(32)18(12)22(31)19(13)24(21)33/h5-6,9,12,30-31,33H,7-8H2,1-4H3,(H,26,28,34)/t12-/m1/s1. The van der Waals surface area contributed by atoms with E-state index < -0.39 is 52.3 Å². The van der Waals surface area contributed by atoms with Crippen LogP contribution in [0.1, 0.15) is 51.3 Å². The molecule has 182 valence electrons. The molecule has 0 bridgehead atoms. The molecule has 35 heavy (non-hydrogen) atoms. The van der Waals surface area contributed by atoms with Crippen molar-refractivity contribution >= 4 is 35.0 Å². The highest BCUT2D eigenvalue weighted by molar-refractivity contribution is 6.18. The fourth-order valence-electron chi connectivity index (χ4n) is 4.85. The summed E-state index contributed by atoms with van der Waals surface area (Å²) in [6.07, 6.45) is 0.497. The molecule has 0 saturated heterocycles. The van der Waals surface area contributed by atoms with Crippen molar-refractivity contribution in [2.24, 2.45) is 5.92 Å². The number of carbonyl (C=O) groups excluding carboxylic acids is 4. The monoisotopic (exact) mass is 480 g/mol. The van der Waals surface area contributed by atoms with Crippen LogP contribution in [0.25, 0.3) is 5.76 Å². The van der Waals surface area contributed by atoms with E-state index in [1.165, 1.54) is 19.1 Å². The van der Waals surface area contributed by atoms with Crippen molar-refractivity contribution in [2.75, 3.05) is 19.0 Å². The van der Waals surface area contributed by atoms with Gasteiger partial charge in [-0.2, -0.15) is 0 Å². The van der Waals surface area contributed by atoms with Gasteiger partial charge in [0, 0.05) is 39.2 Å². The molecule has 2 aliphatic rings. The fourth-order valence-corrected chi connectivity index (χ4v) is 4.85. The molecule has 0 radical (unpaired) electrons. The van der Waals surface area contributed by atoms with Crippen LogP contribution in [0.5, 0.6) is 17.2 Å². The minimum absolute atomic E-state index is 0.00761. The number of hydrogen-bond donors (Lipinski definition) is 4. The molecule has 2 aromatic carbocycles. The van der Waals surface area contributed by atoms with Gasteiger partial charge in [0.15, 0.2) is 5.78 Å². The number of allylic oxidation sites excluding steroid dienone is 1. The van der Waals surface area contributed by atoms with Crippen molar-refractivity contribution in [1.29, 1.82) is 0 Å². The maximum absolute atomic E-state index is 13.7. The van der Waals surface area contributed by atoms with E-state index in [1.807, 2.05) is 24.3 Å².